The lowest BCUT2D eigenvalue weighted by atomic mass is 10.1. The van der Waals surface area contributed by atoms with Crippen molar-refractivity contribution in [2.75, 3.05) is 30.4 Å². The number of methoxy groups -OCH3 is 2. The molecule has 0 aliphatic rings. The number of nitrogens with one attached hydrogen (secondary N) is 1. The Balaban J connectivity index is 2.02. The molecular weight excluding hydrogens is 508 g/mol. The van der Waals surface area contributed by atoms with Gasteiger partial charge in [0.15, 0.2) is 11.5 Å². The van der Waals surface area contributed by atoms with E-state index in [1.165, 1.54) is 32.4 Å². The van der Waals surface area contributed by atoms with E-state index < -0.39 is 22.5 Å². The molecule has 0 bridgehead atoms. The molecule has 7 nitrogen and oxygen atoms in total. The predicted molar refractivity (Wildman–Crippen MR) is 133 cm³/mol. The molecular formula is C24H25BrN2O5S. The van der Waals surface area contributed by atoms with E-state index in [0.717, 1.165) is 19.9 Å². The second-order valence-corrected chi connectivity index (χ2v) is 10.2. The summed E-state index contributed by atoms with van der Waals surface area (Å²) >= 11 is 3.35. The average molecular weight is 533 g/mol. The number of carbonyl (C=O) groups is 1. The number of carbonyl (C=O) groups excluding carboxylic acids is 1. The van der Waals surface area contributed by atoms with Gasteiger partial charge in [-0.05, 0) is 73.5 Å². The number of ether oxygens (including phenoxy) is 2. The molecule has 0 aromatic heterocycles. The summed E-state index contributed by atoms with van der Waals surface area (Å²) in [6.45, 7) is 3.34. The number of rotatable bonds is 8. The maximum absolute atomic E-state index is 13.7. The van der Waals surface area contributed by atoms with Crippen molar-refractivity contribution in [3.8, 4) is 11.5 Å². The SMILES string of the molecule is COc1ccc(S(=O)(=O)N(CC(=O)Nc2ccc(Br)cc2)c2cc(C)cc(C)c2)cc1OC. The molecule has 0 spiro atoms. The lowest BCUT2D eigenvalue weighted by molar-refractivity contribution is -0.114. The van der Waals surface area contributed by atoms with Crippen LogP contribution in [0.3, 0.4) is 0 Å². The third kappa shape index (κ3) is 5.85. The van der Waals surface area contributed by atoms with E-state index in [2.05, 4.69) is 21.2 Å². The maximum atomic E-state index is 13.7. The molecule has 0 unspecified atom stereocenters. The minimum Gasteiger partial charge on any atom is -0.493 e. The van der Waals surface area contributed by atoms with Gasteiger partial charge in [0.25, 0.3) is 10.0 Å². The number of aryl methyl sites for hydroxylation is 2. The topological polar surface area (TPSA) is 84.9 Å². The zero-order valence-corrected chi connectivity index (χ0v) is 21.2. The minimum absolute atomic E-state index is 0.0178. The minimum atomic E-state index is -4.11. The molecule has 0 fully saturated rings. The normalized spacial score (nSPS) is 11.1. The number of amides is 1. The first-order chi connectivity index (χ1) is 15.6. The van der Waals surface area contributed by atoms with Crippen molar-refractivity contribution >= 4 is 43.2 Å². The molecule has 0 saturated carbocycles. The van der Waals surface area contributed by atoms with Crippen LogP contribution >= 0.6 is 15.9 Å². The van der Waals surface area contributed by atoms with E-state index >= 15 is 0 Å². The third-order valence-electron chi connectivity index (χ3n) is 4.85. The fourth-order valence-corrected chi connectivity index (χ4v) is 5.06. The summed E-state index contributed by atoms with van der Waals surface area (Å²) in [6, 6.07) is 16.8. The van der Waals surface area contributed by atoms with Gasteiger partial charge in [-0.1, -0.05) is 22.0 Å². The molecule has 174 valence electrons. The monoisotopic (exact) mass is 532 g/mol. The van der Waals surface area contributed by atoms with E-state index in [4.69, 9.17) is 9.47 Å². The number of nitrogens with zero attached hydrogens (tertiary/aromatic N) is 1. The van der Waals surface area contributed by atoms with Crippen molar-refractivity contribution < 1.29 is 22.7 Å². The highest BCUT2D eigenvalue weighted by molar-refractivity contribution is 9.10. The number of hydrogen-bond acceptors (Lipinski definition) is 5. The van der Waals surface area contributed by atoms with Crippen molar-refractivity contribution in [2.24, 2.45) is 0 Å². The van der Waals surface area contributed by atoms with Gasteiger partial charge in [-0.2, -0.15) is 0 Å². The highest BCUT2D eigenvalue weighted by Gasteiger charge is 2.28. The Hall–Kier alpha value is -3.04. The standard InChI is InChI=1S/C24H25BrN2O5S/c1-16-11-17(2)13-20(12-16)27(15-24(28)26-19-7-5-18(25)6-8-19)33(29,30)21-9-10-22(31-3)23(14-21)32-4/h5-14H,15H2,1-4H3,(H,26,28). The van der Waals surface area contributed by atoms with Crippen LogP contribution in [-0.4, -0.2) is 35.1 Å². The summed E-state index contributed by atoms with van der Waals surface area (Å²) in [6.07, 6.45) is 0. The van der Waals surface area contributed by atoms with E-state index in [1.54, 1.807) is 36.4 Å². The van der Waals surface area contributed by atoms with Gasteiger partial charge in [0, 0.05) is 16.2 Å². The molecule has 33 heavy (non-hydrogen) atoms. The third-order valence-corrected chi connectivity index (χ3v) is 7.15. The molecule has 9 heteroatoms. The summed E-state index contributed by atoms with van der Waals surface area (Å²) in [5.41, 5.74) is 2.72. The van der Waals surface area contributed by atoms with Crippen molar-refractivity contribution in [3.05, 3.63) is 76.3 Å². The summed E-state index contributed by atoms with van der Waals surface area (Å²) in [5, 5.41) is 2.75. The van der Waals surface area contributed by atoms with Crippen molar-refractivity contribution in [1.29, 1.82) is 0 Å². The van der Waals surface area contributed by atoms with E-state index in [-0.39, 0.29) is 10.6 Å². The molecule has 1 N–H and O–H groups in total. The fourth-order valence-electron chi connectivity index (χ4n) is 3.38. The number of benzene rings is 3. The van der Waals surface area contributed by atoms with Gasteiger partial charge in [0.1, 0.15) is 6.54 Å². The zero-order valence-electron chi connectivity index (χ0n) is 18.8. The van der Waals surface area contributed by atoms with Gasteiger partial charge in [-0.15, -0.1) is 0 Å². The Morgan fingerprint density at radius 3 is 2.09 bits per heavy atom. The van der Waals surface area contributed by atoms with Crippen LogP contribution in [0.5, 0.6) is 11.5 Å². The number of halogens is 1. The first-order valence-corrected chi connectivity index (χ1v) is 12.3. The van der Waals surface area contributed by atoms with Gasteiger partial charge in [-0.3, -0.25) is 9.10 Å². The van der Waals surface area contributed by atoms with Crippen LogP contribution in [0.15, 0.2) is 70.0 Å². The summed E-state index contributed by atoms with van der Waals surface area (Å²) in [5.74, 6) is 0.209. The molecule has 0 aliphatic heterocycles. The molecule has 3 aromatic rings. The quantitative estimate of drug-likeness (QED) is 0.445. The highest BCUT2D eigenvalue weighted by atomic mass is 79.9. The van der Waals surface area contributed by atoms with Crippen LogP contribution in [0.25, 0.3) is 0 Å². The van der Waals surface area contributed by atoms with Crippen LogP contribution in [0.2, 0.25) is 0 Å². The van der Waals surface area contributed by atoms with Gasteiger partial charge >= 0.3 is 0 Å². The number of anilines is 2. The summed E-state index contributed by atoms with van der Waals surface area (Å²) in [7, 11) is -1.21. The van der Waals surface area contributed by atoms with Gasteiger partial charge < -0.3 is 14.8 Å². The first-order valence-electron chi connectivity index (χ1n) is 10.0. The zero-order chi connectivity index (χ0) is 24.2. The lowest BCUT2D eigenvalue weighted by Gasteiger charge is -2.25. The predicted octanol–water partition coefficient (Wildman–Crippen LogP) is 4.92. The maximum Gasteiger partial charge on any atom is 0.264 e. The highest BCUT2D eigenvalue weighted by Crippen LogP contribution is 2.32. The average Bonchev–Trinajstić information content (AvgIpc) is 2.77. The Bertz CT molecular complexity index is 1240. The van der Waals surface area contributed by atoms with Crippen LogP contribution in [0.4, 0.5) is 11.4 Å². The van der Waals surface area contributed by atoms with E-state index in [0.29, 0.717) is 17.1 Å². The summed E-state index contributed by atoms with van der Waals surface area (Å²) < 4.78 is 39.9. The molecule has 3 rings (SSSR count). The Labute approximate surface area is 202 Å². The molecule has 0 aliphatic carbocycles. The van der Waals surface area contributed by atoms with Crippen LogP contribution < -0.4 is 19.1 Å². The van der Waals surface area contributed by atoms with Crippen molar-refractivity contribution in [3.63, 3.8) is 0 Å². The van der Waals surface area contributed by atoms with E-state index in [1.807, 2.05) is 19.9 Å². The van der Waals surface area contributed by atoms with Crippen molar-refractivity contribution in [2.45, 2.75) is 18.7 Å². The molecule has 0 saturated heterocycles. The van der Waals surface area contributed by atoms with Gasteiger partial charge in [0.2, 0.25) is 5.91 Å². The second kappa shape index (κ2) is 10.3. The smallest absolute Gasteiger partial charge is 0.264 e. The summed E-state index contributed by atoms with van der Waals surface area (Å²) in [4.78, 5) is 12.9. The lowest BCUT2D eigenvalue weighted by Crippen LogP contribution is -2.38. The Kier molecular flexibility index (Phi) is 7.65. The Morgan fingerprint density at radius 2 is 1.52 bits per heavy atom. The van der Waals surface area contributed by atoms with Crippen LogP contribution in [-0.2, 0) is 14.8 Å². The molecule has 1 amide bonds. The van der Waals surface area contributed by atoms with Gasteiger partial charge in [0.05, 0.1) is 24.8 Å². The second-order valence-electron chi connectivity index (χ2n) is 7.43. The van der Waals surface area contributed by atoms with Crippen LogP contribution in [0.1, 0.15) is 11.1 Å². The molecule has 0 atom stereocenters. The first kappa shape index (κ1) is 24.6. The molecule has 0 heterocycles. The Morgan fingerprint density at radius 1 is 0.909 bits per heavy atom. The molecule has 3 aromatic carbocycles. The number of hydrogen-bond donors (Lipinski definition) is 1. The van der Waals surface area contributed by atoms with Crippen molar-refractivity contribution in [1.82, 2.24) is 0 Å². The van der Waals surface area contributed by atoms with Gasteiger partial charge in [-0.25, -0.2) is 8.42 Å². The number of sulfonamides is 1. The fraction of sp³-hybridized carbons (Fsp3) is 0.208. The largest absolute Gasteiger partial charge is 0.493 e. The molecule has 0 radical (unpaired) electrons. The van der Waals surface area contributed by atoms with E-state index in [9.17, 15) is 13.2 Å². The van der Waals surface area contributed by atoms with Crippen LogP contribution in [0, 0.1) is 13.8 Å².